The molecule has 0 fully saturated rings. The molecular formula is C14H16O3. The van der Waals surface area contributed by atoms with Gasteiger partial charge in [0.1, 0.15) is 11.4 Å². The number of benzene rings is 1. The van der Waals surface area contributed by atoms with Crippen molar-refractivity contribution in [3.8, 4) is 5.75 Å². The van der Waals surface area contributed by atoms with E-state index in [-0.39, 0.29) is 5.97 Å². The van der Waals surface area contributed by atoms with Crippen molar-refractivity contribution < 1.29 is 14.3 Å². The molecule has 0 saturated carbocycles. The van der Waals surface area contributed by atoms with E-state index in [2.05, 4.69) is 0 Å². The van der Waals surface area contributed by atoms with Crippen molar-refractivity contribution in [2.75, 3.05) is 6.61 Å². The summed E-state index contributed by atoms with van der Waals surface area (Å²) in [7, 11) is 0. The molecule has 0 aromatic heterocycles. The van der Waals surface area contributed by atoms with Gasteiger partial charge in [0.2, 0.25) is 0 Å². The van der Waals surface area contributed by atoms with Gasteiger partial charge in [0.15, 0.2) is 0 Å². The lowest BCUT2D eigenvalue weighted by Gasteiger charge is -2.32. The monoisotopic (exact) mass is 232 g/mol. The van der Waals surface area contributed by atoms with Gasteiger partial charge in [-0.05, 0) is 32.9 Å². The van der Waals surface area contributed by atoms with Crippen molar-refractivity contribution in [3.05, 3.63) is 35.4 Å². The van der Waals surface area contributed by atoms with Crippen LogP contribution in [0.25, 0.3) is 6.08 Å². The molecule has 1 aromatic carbocycles. The highest BCUT2D eigenvalue weighted by atomic mass is 16.5. The summed E-state index contributed by atoms with van der Waals surface area (Å²) >= 11 is 0. The minimum Gasteiger partial charge on any atom is -0.482 e. The summed E-state index contributed by atoms with van der Waals surface area (Å²) in [5.74, 6) is 0.484. The zero-order valence-electron chi connectivity index (χ0n) is 10.3. The van der Waals surface area contributed by atoms with E-state index in [4.69, 9.17) is 9.47 Å². The van der Waals surface area contributed by atoms with E-state index in [0.29, 0.717) is 12.2 Å². The number of hydrogen-bond donors (Lipinski definition) is 0. The number of carbonyl (C=O) groups is 1. The second kappa shape index (κ2) is 4.24. The number of ether oxygens (including phenoxy) is 2. The van der Waals surface area contributed by atoms with E-state index in [1.54, 1.807) is 6.92 Å². The number of hydrogen-bond acceptors (Lipinski definition) is 3. The van der Waals surface area contributed by atoms with Gasteiger partial charge in [-0.3, -0.25) is 0 Å². The number of para-hydroxylation sites is 1. The quantitative estimate of drug-likeness (QED) is 0.735. The molecule has 1 aliphatic heterocycles. The first-order valence-corrected chi connectivity index (χ1v) is 5.72. The fourth-order valence-electron chi connectivity index (χ4n) is 1.87. The molecule has 3 nitrogen and oxygen atoms in total. The van der Waals surface area contributed by atoms with Crippen LogP contribution in [0.1, 0.15) is 26.3 Å². The lowest BCUT2D eigenvalue weighted by atomic mass is 9.92. The van der Waals surface area contributed by atoms with Gasteiger partial charge in [-0.15, -0.1) is 0 Å². The largest absolute Gasteiger partial charge is 0.482 e. The maximum Gasteiger partial charge on any atom is 0.338 e. The van der Waals surface area contributed by atoms with Gasteiger partial charge in [0.05, 0.1) is 12.2 Å². The molecule has 0 amide bonds. The second-order valence-electron chi connectivity index (χ2n) is 4.43. The minimum absolute atomic E-state index is 0.313. The Balaban J connectivity index is 2.43. The summed E-state index contributed by atoms with van der Waals surface area (Å²) < 4.78 is 10.9. The van der Waals surface area contributed by atoms with Gasteiger partial charge >= 0.3 is 5.97 Å². The van der Waals surface area contributed by atoms with Crippen molar-refractivity contribution in [3.63, 3.8) is 0 Å². The number of fused-ring (bicyclic) bond motifs is 1. The first-order valence-electron chi connectivity index (χ1n) is 5.72. The smallest absolute Gasteiger partial charge is 0.338 e. The van der Waals surface area contributed by atoms with Crippen LogP contribution < -0.4 is 4.74 Å². The molecule has 1 aromatic rings. The van der Waals surface area contributed by atoms with E-state index in [9.17, 15) is 4.79 Å². The molecule has 0 N–H and O–H groups in total. The first-order chi connectivity index (χ1) is 8.04. The van der Waals surface area contributed by atoms with Crippen LogP contribution in [-0.4, -0.2) is 18.2 Å². The van der Waals surface area contributed by atoms with Crippen molar-refractivity contribution >= 4 is 12.0 Å². The van der Waals surface area contributed by atoms with Crippen molar-refractivity contribution in [1.82, 2.24) is 0 Å². The lowest BCUT2D eigenvalue weighted by Crippen LogP contribution is -2.37. The highest BCUT2D eigenvalue weighted by Gasteiger charge is 2.35. The van der Waals surface area contributed by atoms with E-state index >= 15 is 0 Å². The Labute approximate surface area is 101 Å². The average Bonchev–Trinajstić information content (AvgIpc) is 2.27. The molecule has 3 heteroatoms. The van der Waals surface area contributed by atoms with Crippen molar-refractivity contribution in [1.29, 1.82) is 0 Å². The highest BCUT2D eigenvalue weighted by Crippen LogP contribution is 2.35. The molecule has 0 atom stereocenters. The summed E-state index contributed by atoms with van der Waals surface area (Å²) in [6, 6.07) is 7.65. The normalized spacial score (nSPS) is 16.5. The standard InChI is InChI=1S/C14H16O3/c1-4-16-13(15)11-9-10-7-5-6-8-12(10)17-14(11,2)3/h5-9H,4H2,1-3H3. The molecular weight excluding hydrogens is 216 g/mol. The summed E-state index contributed by atoms with van der Waals surface area (Å²) in [6.45, 7) is 5.90. The molecule has 1 aliphatic rings. The van der Waals surface area contributed by atoms with Crippen LogP contribution >= 0.6 is 0 Å². The third kappa shape index (κ3) is 2.18. The maximum atomic E-state index is 11.9. The molecule has 0 aliphatic carbocycles. The summed E-state index contributed by atoms with van der Waals surface area (Å²) in [5, 5.41) is 0. The lowest BCUT2D eigenvalue weighted by molar-refractivity contribution is -0.140. The molecule has 1 heterocycles. The summed E-state index contributed by atoms with van der Waals surface area (Å²) in [4.78, 5) is 11.9. The van der Waals surface area contributed by atoms with Crippen LogP contribution in [0, 0.1) is 0 Å². The van der Waals surface area contributed by atoms with Crippen LogP contribution in [0.5, 0.6) is 5.75 Å². The molecule has 0 bridgehead atoms. The van der Waals surface area contributed by atoms with Gasteiger partial charge in [0.25, 0.3) is 0 Å². The Morgan fingerprint density at radius 3 is 2.76 bits per heavy atom. The zero-order chi connectivity index (χ0) is 12.5. The Morgan fingerprint density at radius 2 is 2.06 bits per heavy atom. The topological polar surface area (TPSA) is 35.5 Å². The van der Waals surface area contributed by atoms with Gasteiger partial charge < -0.3 is 9.47 Å². The SMILES string of the molecule is CCOC(=O)C1=Cc2ccccc2OC1(C)C. The molecule has 0 spiro atoms. The van der Waals surface area contributed by atoms with E-state index < -0.39 is 5.60 Å². The van der Waals surface area contributed by atoms with Gasteiger partial charge in [-0.25, -0.2) is 4.79 Å². The third-order valence-corrected chi connectivity index (χ3v) is 2.73. The van der Waals surface area contributed by atoms with Gasteiger partial charge in [-0.1, -0.05) is 18.2 Å². The van der Waals surface area contributed by atoms with Crippen molar-refractivity contribution in [2.24, 2.45) is 0 Å². The number of esters is 1. The summed E-state index contributed by atoms with van der Waals surface area (Å²) in [5.41, 5.74) is 0.813. The first kappa shape index (κ1) is 11.7. The predicted octanol–water partition coefficient (Wildman–Crippen LogP) is 2.80. The maximum absolute atomic E-state index is 11.9. The van der Waals surface area contributed by atoms with Crippen LogP contribution in [0.3, 0.4) is 0 Å². The minimum atomic E-state index is -0.652. The van der Waals surface area contributed by atoms with Crippen molar-refractivity contribution in [2.45, 2.75) is 26.4 Å². The van der Waals surface area contributed by atoms with Crippen LogP contribution in [0.4, 0.5) is 0 Å². The van der Waals surface area contributed by atoms with Gasteiger partial charge in [-0.2, -0.15) is 0 Å². The van der Waals surface area contributed by atoms with Crippen LogP contribution in [0.15, 0.2) is 29.8 Å². The highest BCUT2D eigenvalue weighted by molar-refractivity contribution is 5.97. The molecule has 2 rings (SSSR count). The average molecular weight is 232 g/mol. The van der Waals surface area contributed by atoms with E-state index in [0.717, 1.165) is 11.3 Å². The predicted molar refractivity (Wildman–Crippen MR) is 65.8 cm³/mol. The second-order valence-corrected chi connectivity index (χ2v) is 4.43. The molecule has 90 valence electrons. The Hall–Kier alpha value is -1.77. The Kier molecular flexibility index (Phi) is 2.92. The molecule has 0 radical (unpaired) electrons. The van der Waals surface area contributed by atoms with Crippen LogP contribution in [0.2, 0.25) is 0 Å². The Bertz CT molecular complexity index is 472. The zero-order valence-corrected chi connectivity index (χ0v) is 10.3. The molecule has 17 heavy (non-hydrogen) atoms. The Morgan fingerprint density at radius 1 is 1.35 bits per heavy atom. The van der Waals surface area contributed by atoms with Gasteiger partial charge in [0, 0.05) is 5.56 Å². The fourth-order valence-corrected chi connectivity index (χ4v) is 1.87. The van der Waals surface area contributed by atoms with Crippen LogP contribution in [-0.2, 0) is 9.53 Å². The molecule has 0 unspecified atom stereocenters. The summed E-state index contributed by atoms with van der Waals surface area (Å²) in [6.07, 6.45) is 1.84. The molecule has 0 saturated heterocycles. The fraction of sp³-hybridized carbons (Fsp3) is 0.357. The number of carbonyl (C=O) groups excluding carboxylic acids is 1. The third-order valence-electron chi connectivity index (χ3n) is 2.73. The number of rotatable bonds is 2. The van der Waals surface area contributed by atoms with E-state index in [1.807, 2.05) is 44.2 Å². The van der Waals surface area contributed by atoms with E-state index in [1.165, 1.54) is 0 Å².